The minimum atomic E-state index is -0.291. The first kappa shape index (κ1) is 20.5. The minimum Gasteiger partial charge on any atom is -0.370 e. The van der Waals surface area contributed by atoms with E-state index < -0.39 is 0 Å². The van der Waals surface area contributed by atoms with Gasteiger partial charge in [0.25, 0.3) is 0 Å². The van der Waals surface area contributed by atoms with Gasteiger partial charge in [0.15, 0.2) is 5.96 Å². The normalized spacial score (nSPS) is 12.7. The molecule has 0 amide bonds. The third-order valence-electron chi connectivity index (χ3n) is 4.68. The number of rotatable bonds is 9. The first-order valence-corrected chi connectivity index (χ1v) is 9.61. The number of imidazole rings is 1. The van der Waals surface area contributed by atoms with E-state index in [1.165, 1.54) is 24.3 Å². The lowest BCUT2D eigenvalue weighted by Gasteiger charge is -2.16. The molecule has 1 heterocycles. The Morgan fingerprint density at radius 3 is 2.69 bits per heavy atom. The molecule has 0 saturated heterocycles. The summed E-state index contributed by atoms with van der Waals surface area (Å²) < 4.78 is 26.9. The summed E-state index contributed by atoms with van der Waals surface area (Å²) in [5.74, 6) is -0.244. The SMILES string of the molecule is NC(=NCC(Cc1cccc(F)c1)c1ccc(F)cc1)NCCCc1cnc[nH]1. The molecule has 3 aromatic rings. The molecule has 4 N–H and O–H groups in total. The number of halogens is 2. The molecule has 0 aliphatic carbocycles. The summed E-state index contributed by atoms with van der Waals surface area (Å²) in [5, 5.41) is 3.11. The van der Waals surface area contributed by atoms with Gasteiger partial charge in [-0.05, 0) is 54.7 Å². The number of aryl methyl sites for hydroxylation is 1. The van der Waals surface area contributed by atoms with Gasteiger partial charge in [0.1, 0.15) is 11.6 Å². The average molecular weight is 397 g/mol. The Labute approximate surface area is 169 Å². The molecule has 0 aliphatic rings. The zero-order chi connectivity index (χ0) is 20.5. The second-order valence-electron chi connectivity index (χ2n) is 6.92. The maximum absolute atomic E-state index is 13.5. The van der Waals surface area contributed by atoms with Crippen molar-refractivity contribution in [2.45, 2.75) is 25.2 Å². The highest BCUT2D eigenvalue weighted by molar-refractivity contribution is 5.77. The van der Waals surface area contributed by atoms with Crippen LogP contribution in [0.2, 0.25) is 0 Å². The number of aromatic nitrogens is 2. The second kappa shape index (κ2) is 10.4. The largest absolute Gasteiger partial charge is 0.370 e. The van der Waals surface area contributed by atoms with Crippen molar-refractivity contribution in [3.8, 4) is 0 Å². The summed E-state index contributed by atoms with van der Waals surface area (Å²) in [6.07, 6.45) is 5.81. The van der Waals surface area contributed by atoms with Gasteiger partial charge in [0.05, 0.1) is 6.33 Å². The molecule has 1 unspecified atom stereocenters. The van der Waals surface area contributed by atoms with Crippen molar-refractivity contribution < 1.29 is 8.78 Å². The first-order chi connectivity index (χ1) is 14.1. The first-order valence-electron chi connectivity index (χ1n) is 9.61. The highest BCUT2D eigenvalue weighted by Crippen LogP contribution is 2.22. The number of nitrogens with one attached hydrogen (secondary N) is 2. The maximum atomic E-state index is 13.5. The maximum Gasteiger partial charge on any atom is 0.188 e. The smallest absolute Gasteiger partial charge is 0.188 e. The van der Waals surface area contributed by atoms with Crippen molar-refractivity contribution in [2.75, 3.05) is 13.1 Å². The lowest BCUT2D eigenvalue weighted by molar-refractivity contribution is 0.617. The highest BCUT2D eigenvalue weighted by atomic mass is 19.1. The molecule has 0 radical (unpaired) electrons. The Morgan fingerprint density at radius 1 is 1.14 bits per heavy atom. The Balaban J connectivity index is 1.59. The van der Waals surface area contributed by atoms with Gasteiger partial charge in [-0.15, -0.1) is 0 Å². The molecule has 29 heavy (non-hydrogen) atoms. The molecule has 0 bridgehead atoms. The fraction of sp³-hybridized carbons (Fsp3) is 0.273. The van der Waals surface area contributed by atoms with Crippen LogP contribution in [0.15, 0.2) is 66.0 Å². The van der Waals surface area contributed by atoms with E-state index in [-0.39, 0.29) is 17.6 Å². The van der Waals surface area contributed by atoms with Crippen molar-refractivity contribution in [3.63, 3.8) is 0 Å². The van der Waals surface area contributed by atoms with Gasteiger partial charge in [0, 0.05) is 30.9 Å². The van der Waals surface area contributed by atoms with Gasteiger partial charge in [-0.2, -0.15) is 0 Å². The molecule has 152 valence electrons. The number of aliphatic imine (C=N–C) groups is 1. The van der Waals surface area contributed by atoms with Crippen molar-refractivity contribution in [3.05, 3.63) is 89.5 Å². The van der Waals surface area contributed by atoms with E-state index in [1.54, 1.807) is 30.7 Å². The van der Waals surface area contributed by atoms with Crippen LogP contribution in [0.4, 0.5) is 8.78 Å². The number of guanidine groups is 1. The highest BCUT2D eigenvalue weighted by Gasteiger charge is 2.13. The van der Waals surface area contributed by atoms with Gasteiger partial charge < -0.3 is 16.0 Å². The van der Waals surface area contributed by atoms with Crippen LogP contribution in [0.25, 0.3) is 0 Å². The predicted molar refractivity (Wildman–Crippen MR) is 111 cm³/mol. The molecule has 1 aromatic heterocycles. The van der Waals surface area contributed by atoms with Crippen molar-refractivity contribution in [2.24, 2.45) is 10.7 Å². The number of nitrogens with zero attached hydrogens (tertiary/aromatic N) is 2. The Hall–Kier alpha value is -3.22. The van der Waals surface area contributed by atoms with Gasteiger partial charge in [-0.3, -0.25) is 4.99 Å². The predicted octanol–water partition coefficient (Wildman–Crippen LogP) is 3.55. The molecule has 0 fully saturated rings. The summed E-state index contributed by atoms with van der Waals surface area (Å²) in [6, 6.07) is 12.8. The topological polar surface area (TPSA) is 79.1 Å². The van der Waals surface area contributed by atoms with Crippen molar-refractivity contribution >= 4 is 5.96 Å². The van der Waals surface area contributed by atoms with E-state index in [4.69, 9.17) is 5.73 Å². The summed E-state index contributed by atoms with van der Waals surface area (Å²) in [4.78, 5) is 11.5. The lowest BCUT2D eigenvalue weighted by Crippen LogP contribution is -2.33. The van der Waals surface area contributed by atoms with E-state index in [1.807, 2.05) is 6.07 Å². The summed E-state index contributed by atoms with van der Waals surface area (Å²) in [7, 11) is 0. The number of hydrogen-bond donors (Lipinski definition) is 3. The lowest BCUT2D eigenvalue weighted by atomic mass is 9.92. The third-order valence-corrected chi connectivity index (χ3v) is 4.68. The van der Waals surface area contributed by atoms with Gasteiger partial charge in [-0.1, -0.05) is 24.3 Å². The monoisotopic (exact) mass is 397 g/mol. The fourth-order valence-corrected chi connectivity index (χ4v) is 3.15. The molecular formula is C22H25F2N5. The molecule has 0 aliphatic heterocycles. The Bertz CT molecular complexity index is 907. The molecule has 0 saturated carbocycles. The van der Waals surface area contributed by atoms with Gasteiger partial charge in [-0.25, -0.2) is 13.8 Å². The summed E-state index contributed by atoms with van der Waals surface area (Å²) in [6.45, 7) is 1.11. The second-order valence-corrected chi connectivity index (χ2v) is 6.92. The standard InChI is InChI=1S/C22H25F2N5/c23-19-8-6-17(7-9-19)18(11-16-3-1-4-20(24)12-16)13-28-22(25)27-10-2-5-21-14-26-15-29-21/h1,3-4,6-9,12,14-15,18H,2,5,10-11,13H2,(H,26,29)(H3,25,27,28). The number of aromatic amines is 1. The van der Waals surface area contributed by atoms with Crippen LogP contribution >= 0.6 is 0 Å². The third kappa shape index (κ3) is 6.71. The van der Waals surface area contributed by atoms with Gasteiger partial charge in [0.2, 0.25) is 0 Å². The van der Waals surface area contributed by atoms with Crippen molar-refractivity contribution in [1.29, 1.82) is 0 Å². The molecule has 0 spiro atoms. The van der Waals surface area contributed by atoms with Crippen LogP contribution in [0.5, 0.6) is 0 Å². The fourth-order valence-electron chi connectivity index (χ4n) is 3.15. The van der Waals surface area contributed by atoms with E-state index in [0.717, 1.165) is 29.7 Å². The van der Waals surface area contributed by atoms with Crippen LogP contribution in [0.3, 0.4) is 0 Å². The molecule has 5 nitrogen and oxygen atoms in total. The average Bonchev–Trinajstić information content (AvgIpc) is 3.23. The van der Waals surface area contributed by atoms with Crippen LogP contribution in [-0.4, -0.2) is 29.0 Å². The quantitative estimate of drug-likeness (QED) is 0.293. The number of H-pyrrole nitrogens is 1. The number of nitrogens with two attached hydrogens (primary N) is 1. The van der Waals surface area contributed by atoms with Crippen LogP contribution in [0, 0.1) is 11.6 Å². The van der Waals surface area contributed by atoms with Crippen LogP contribution < -0.4 is 11.1 Å². The van der Waals surface area contributed by atoms with Crippen molar-refractivity contribution in [1.82, 2.24) is 15.3 Å². The minimum absolute atomic E-state index is 0.0391. The zero-order valence-electron chi connectivity index (χ0n) is 16.1. The van der Waals surface area contributed by atoms with Crippen LogP contribution in [0.1, 0.15) is 29.2 Å². The molecule has 3 rings (SSSR count). The molecule has 1 atom stereocenters. The van der Waals surface area contributed by atoms with E-state index >= 15 is 0 Å². The van der Waals surface area contributed by atoms with Crippen LogP contribution in [-0.2, 0) is 12.8 Å². The van der Waals surface area contributed by atoms with E-state index in [0.29, 0.717) is 25.5 Å². The Kier molecular flexibility index (Phi) is 7.33. The molecule has 2 aromatic carbocycles. The molecule has 7 heteroatoms. The molecular weight excluding hydrogens is 372 g/mol. The summed E-state index contributed by atoms with van der Waals surface area (Å²) in [5.41, 5.74) is 8.88. The zero-order valence-corrected chi connectivity index (χ0v) is 16.1. The van der Waals surface area contributed by atoms with Gasteiger partial charge >= 0.3 is 0 Å². The number of benzene rings is 2. The van der Waals surface area contributed by atoms with E-state index in [9.17, 15) is 8.78 Å². The number of hydrogen-bond acceptors (Lipinski definition) is 2. The Morgan fingerprint density at radius 2 is 1.97 bits per heavy atom. The summed E-state index contributed by atoms with van der Waals surface area (Å²) >= 11 is 0. The van der Waals surface area contributed by atoms with E-state index in [2.05, 4.69) is 20.3 Å².